The monoisotopic (exact) mass is 727 g/mol. The highest BCUT2D eigenvalue weighted by Crippen LogP contribution is 2.35. The molecule has 3 aliphatic rings. The highest BCUT2D eigenvalue weighted by atomic mass is 35.5. The van der Waals surface area contributed by atoms with Gasteiger partial charge in [0.15, 0.2) is 0 Å². The quantitative estimate of drug-likeness (QED) is 0.251. The van der Waals surface area contributed by atoms with Crippen molar-refractivity contribution in [3.05, 3.63) is 63.7 Å². The number of amides is 2. The molecule has 4 unspecified atom stereocenters. The molecule has 5 nitrogen and oxygen atoms in total. The third kappa shape index (κ3) is 11.0. The molecule has 50 heavy (non-hydrogen) atoms. The van der Waals surface area contributed by atoms with Crippen molar-refractivity contribution in [3.63, 3.8) is 0 Å². The van der Waals surface area contributed by atoms with Crippen LogP contribution in [0, 0.1) is 23.6 Å². The molecule has 4 atom stereocenters. The minimum Gasteiger partial charge on any atom is -0.338 e. The van der Waals surface area contributed by atoms with Crippen LogP contribution >= 0.6 is 22.9 Å². The standard InChI is InChI=1S/C36H45ClFN3O2S.3C2H6/c1-23-14-24(2)20-40(19-23)28-17-27(13-12-25-8-4-3-5-9-25)41(21-28)35(42)16-26-15-31(37)33(18-32(26)38)39-36(43)30-22-44-34-11-7-6-10-29(30)34;3*1-2/h6-7,10-11,15,18,22-25,27-28H,3-5,8-9,12-14,16-17,19-21H2,1-2H3,(H,39,43);3*1-2H3. The largest absolute Gasteiger partial charge is 0.338 e. The summed E-state index contributed by atoms with van der Waals surface area (Å²) in [5.74, 6) is 1.20. The Balaban J connectivity index is 0.00000107. The van der Waals surface area contributed by atoms with Gasteiger partial charge in [-0.3, -0.25) is 14.5 Å². The van der Waals surface area contributed by atoms with E-state index in [1.165, 1.54) is 68.4 Å². The van der Waals surface area contributed by atoms with E-state index in [4.69, 9.17) is 11.6 Å². The lowest BCUT2D eigenvalue weighted by Gasteiger charge is -2.38. The van der Waals surface area contributed by atoms with Crippen LogP contribution in [-0.2, 0) is 11.2 Å². The van der Waals surface area contributed by atoms with Crippen LogP contribution in [0.15, 0.2) is 41.8 Å². The molecule has 0 radical (unpaired) electrons. The summed E-state index contributed by atoms with van der Waals surface area (Å²) < 4.78 is 16.5. The number of carbonyl (C=O) groups excluding carboxylic acids is 2. The number of fused-ring (bicyclic) bond motifs is 1. The van der Waals surface area contributed by atoms with Gasteiger partial charge in [0.1, 0.15) is 5.82 Å². The topological polar surface area (TPSA) is 52.6 Å². The first kappa shape index (κ1) is 41.9. The minimum atomic E-state index is -0.526. The van der Waals surface area contributed by atoms with Crippen molar-refractivity contribution in [2.24, 2.45) is 17.8 Å². The zero-order chi connectivity index (χ0) is 36.8. The number of nitrogens with one attached hydrogen (secondary N) is 1. The summed E-state index contributed by atoms with van der Waals surface area (Å²) in [5, 5.41) is 5.66. The van der Waals surface area contributed by atoms with E-state index in [1.807, 2.05) is 65.8 Å². The maximum absolute atomic E-state index is 15.5. The number of nitrogens with zero attached hydrogens (tertiary/aromatic N) is 2. The number of anilines is 1. The SMILES string of the molecule is CC.CC.CC.CC1CC(C)CN(C2CC(CCC3CCCCC3)N(C(=O)Cc3cc(Cl)c(NC(=O)c4csc5ccccc45)cc3F)C2)C1. The summed E-state index contributed by atoms with van der Waals surface area (Å²) in [7, 11) is 0. The van der Waals surface area contributed by atoms with E-state index in [9.17, 15) is 9.59 Å². The van der Waals surface area contributed by atoms with Crippen LogP contribution in [0.2, 0.25) is 5.02 Å². The fourth-order valence-electron chi connectivity index (χ4n) is 8.08. The molecule has 2 aliphatic heterocycles. The average Bonchev–Trinajstić information content (AvgIpc) is 3.77. The molecule has 6 rings (SSSR count). The molecule has 1 aromatic heterocycles. The predicted octanol–water partition coefficient (Wildman–Crippen LogP) is 11.9. The number of thiophene rings is 1. The van der Waals surface area contributed by atoms with Gasteiger partial charge in [0.05, 0.1) is 22.7 Å². The van der Waals surface area contributed by atoms with Gasteiger partial charge in [-0.05, 0) is 67.2 Å². The number of benzene rings is 2. The molecule has 3 aromatic rings. The van der Waals surface area contributed by atoms with Crippen molar-refractivity contribution in [1.82, 2.24) is 9.80 Å². The van der Waals surface area contributed by atoms with Crippen LogP contribution < -0.4 is 5.32 Å². The Morgan fingerprint density at radius 2 is 1.56 bits per heavy atom. The van der Waals surface area contributed by atoms with Crippen molar-refractivity contribution in [2.75, 3.05) is 25.0 Å². The van der Waals surface area contributed by atoms with Gasteiger partial charge < -0.3 is 10.2 Å². The van der Waals surface area contributed by atoms with Gasteiger partial charge in [0, 0.05) is 47.2 Å². The molecule has 0 bridgehead atoms. The molecule has 2 aromatic carbocycles. The summed E-state index contributed by atoms with van der Waals surface area (Å²) in [6.07, 6.45) is 11.0. The smallest absolute Gasteiger partial charge is 0.257 e. The second kappa shape index (κ2) is 21.1. The van der Waals surface area contributed by atoms with E-state index < -0.39 is 5.82 Å². The lowest BCUT2D eigenvalue weighted by atomic mass is 9.84. The number of carbonyl (C=O) groups is 2. The minimum absolute atomic E-state index is 0.0317. The first-order valence-corrected chi connectivity index (χ1v) is 20.8. The number of piperidine rings is 1. The number of hydrogen-bond donors (Lipinski definition) is 1. The summed E-state index contributed by atoms with van der Waals surface area (Å²) >= 11 is 8.06. The van der Waals surface area contributed by atoms with E-state index >= 15 is 4.39 Å². The van der Waals surface area contributed by atoms with Gasteiger partial charge in [0.25, 0.3) is 5.91 Å². The molecule has 3 heterocycles. The zero-order valence-corrected chi connectivity index (χ0v) is 33.6. The van der Waals surface area contributed by atoms with Gasteiger partial charge in [-0.15, -0.1) is 11.3 Å². The number of rotatable bonds is 8. The Morgan fingerprint density at radius 1 is 0.900 bits per heavy atom. The molecule has 8 heteroatoms. The summed E-state index contributed by atoms with van der Waals surface area (Å²) in [6, 6.07) is 11.0. The Hall–Kier alpha value is -2.48. The lowest BCUT2D eigenvalue weighted by molar-refractivity contribution is -0.131. The molecule has 278 valence electrons. The Morgan fingerprint density at radius 3 is 2.24 bits per heavy atom. The van der Waals surface area contributed by atoms with Crippen LogP contribution in [0.25, 0.3) is 10.1 Å². The van der Waals surface area contributed by atoms with Crippen molar-refractivity contribution < 1.29 is 14.0 Å². The van der Waals surface area contributed by atoms with Crippen LogP contribution in [0.4, 0.5) is 10.1 Å². The first-order chi connectivity index (χ1) is 24.2. The van der Waals surface area contributed by atoms with E-state index in [1.54, 1.807) is 5.38 Å². The molecular formula is C42H63ClFN3O2S. The summed E-state index contributed by atoms with van der Waals surface area (Å²) in [4.78, 5) is 31.6. The van der Waals surface area contributed by atoms with E-state index in [0.29, 0.717) is 30.0 Å². The zero-order valence-electron chi connectivity index (χ0n) is 32.0. The maximum Gasteiger partial charge on any atom is 0.257 e. The van der Waals surface area contributed by atoms with Gasteiger partial charge in [0.2, 0.25) is 5.91 Å². The van der Waals surface area contributed by atoms with E-state index in [-0.39, 0.29) is 40.6 Å². The molecule has 1 aliphatic carbocycles. The highest BCUT2D eigenvalue weighted by Gasteiger charge is 2.40. The number of hydrogen-bond acceptors (Lipinski definition) is 4. The molecule has 1 saturated carbocycles. The third-order valence-corrected chi connectivity index (χ3v) is 11.5. The molecule has 3 fully saturated rings. The van der Waals surface area contributed by atoms with Gasteiger partial charge >= 0.3 is 0 Å². The second-order valence-electron chi connectivity index (χ2n) is 13.8. The molecule has 2 saturated heterocycles. The third-order valence-electron chi connectivity index (χ3n) is 10.2. The van der Waals surface area contributed by atoms with Crippen LogP contribution in [0.5, 0.6) is 0 Å². The van der Waals surface area contributed by atoms with E-state index in [2.05, 4.69) is 29.0 Å². The number of likely N-dealkylation sites (tertiary alicyclic amines) is 2. The molecular weight excluding hydrogens is 665 g/mol. The average molecular weight is 729 g/mol. The van der Waals surface area contributed by atoms with Gasteiger partial charge in [-0.25, -0.2) is 4.39 Å². The molecule has 2 amide bonds. The highest BCUT2D eigenvalue weighted by molar-refractivity contribution is 7.17. The maximum atomic E-state index is 15.5. The van der Waals surface area contributed by atoms with Crippen LogP contribution in [-0.4, -0.2) is 53.3 Å². The van der Waals surface area contributed by atoms with Crippen LogP contribution in [0.1, 0.15) is 129 Å². The normalized spacial score (nSPS) is 22.4. The summed E-state index contributed by atoms with van der Waals surface area (Å²) in [5.41, 5.74) is 1.01. The predicted molar refractivity (Wildman–Crippen MR) is 213 cm³/mol. The van der Waals surface area contributed by atoms with Crippen molar-refractivity contribution in [1.29, 1.82) is 0 Å². The van der Waals surface area contributed by atoms with Gasteiger partial charge in [-0.1, -0.05) is 117 Å². The lowest BCUT2D eigenvalue weighted by Crippen LogP contribution is -2.46. The Labute approximate surface area is 311 Å². The van der Waals surface area contributed by atoms with Crippen molar-refractivity contribution >= 4 is 50.5 Å². The summed E-state index contributed by atoms with van der Waals surface area (Å²) in [6.45, 7) is 19.6. The van der Waals surface area contributed by atoms with Crippen molar-refractivity contribution in [2.45, 2.75) is 132 Å². The Kier molecular flexibility index (Phi) is 17.7. The van der Waals surface area contributed by atoms with Crippen molar-refractivity contribution in [3.8, 4) is 0 Å². The van der Waals surface area contributed by atoms with Crippen LogP contribution in [0.3, 0.4) is 0 Å². The Bertz CT molecular complexity index is 1480. The first-order valence-electron chi connectivity index (χ1n) is 19.5. The fourth-order valence-corrected chi connectivity index (χ4v) is 9.25. The fraction of sp³-hybridized carbons (Fsp3) is 0.619. The second-order valence-corrected chi connectivity index (χ2v) is 15.1. The number of halogens is 2. The van der Waals surface area contributed by atoms with E-state index in [0.717, 1.165) is 41.9 Å². The molecule has 0 spiro atoms. The van der Waals surface area contributed by atoms with Gasteiger partial charge in [-0.2, -0.15) is 0 Å². The molecule has 1 N–H and O–H groups in total.